The average molecular weight is 248 g/mol. The molecule has 1 aromatic rings. The summed E-state index contributed by atoms with van der Waals surface area (Å²) in [7, 11) is 0. The van der Waals surface area contributed by atoms with Gasteiger partial charge in [-0.25, -0.2) is 5.48 Å². The van der Waals surface area contributed by atoms with E-state index >= 15 is 0 Å². The molecule has 0 saturated heterocycles. The summed E-state index contributed by atoms with van der Waals surface area (Å²) in [6.07, 6.45) is 2.60. The second-order valence-electron chi connectivity index (χ2n) is 4.49. The lowest BCUT2D eigenvalue weighted by Gasteiger charge is -2.40. The number of carbonyl (C=O) groups excluding carboxylic acids is 2. The van der Waals surface area contributed by atoms with Crippen LogP contribution in [0.25, 0.3) is 0 Å². The lowest BCUT2D eigenvalue weighted by molar-refractivity contribution is -0.145. The van der Waals surface area contributed by atoms with Gasteiger partial charge in [0.25, 0.3) is 5.91 Å². The Morgan fingerprint density at radius 1 is 1.28 bits per heavy atom. The van der Waals surface area contributed by atoms with Crippen molar-refractivity contribution in [3.63, 3.8) is 0 Å². The maximum Gasteiger partial charge on any atom is 0.254 e. The van der Waals surface area contributed by atoms with Gasteiger partial charge in [-0.05, 0) is 18.4 Å². The molecule has 1 fully saturated rings. The van der Waals surface area contributed by atoms with E-state index in [1.807, 2.05) is 30.3 Å². The van der Waals surface area contributed by atoms with Crippen LogP contribution in [-0.4, -0.2) is 18.4 Å². The Balaban J connectivity index is 2.04. The molecule has 18 heavy (non-hydrogen) atoms. The van der Waals surface area contributed by atoms with E-state index in [9.17, 15) is 9.59 Å². The van der Waals surface area contributed by atoms with Crippen molar-refractivity contribution < 1.29 is 14.4 Å². The number of benzene rings is 1. The van der Waals surface area contributed by atoms with Gasteiger partial charge < -0.3 is 5.73 Å². The fourth-order valence-corrected chi connectivity index (χ4v) is 2.20. The van der Waals surface area contributed by atoms with Crippen LogP contribution in [0.3, 0.4) is 0 Å². The lowest BCUT2D eigenvalue weighted by atomic mass is 9.64. The number of nitrogens with one attached hydrogen (secondary N) is 1. The van der Waals surface area contributed by atoms with Crippen LogP contribution in [0.1, 0.15) is 24.8 Å². The molecule has 0 radical (unpaired) electrons. The maximum absolute atomic E-state index is 12.1. The molecule has 0 bridgehead atoms. The van der Waals surface area contributed by atoms with Gasteiger partial charge in [0.05, 0.1) is 5.41 Å². The number of nitrogens with two attached hydrogens (primary N) is 1. The van der Waals surface area contributed by atoms with Crippen molar-refractivity contribution in [2.75, 3.05) is 6.61 Å². The van der Waals surface area contributed by atoms with Crippen molar-refractivity contribution in [3.8, 4) is 0 Å². The molecular weight excluding hydrogens is 232 g/mol. The summed E-state index contributed by atoms with van der Waals surface area (Å²) >= 11 is 0. The molecule has 0 atom stereocenters. The third-order valence-electron chi connectivity index (χ3n) is 3.35. The molecule has 0 heterocycles. The van der Waals surface area contributed by atoms with Crippen LogP contribution < -0.4 is 11.2 Å². The Hall–Kier alpha value is -1.88. The third-order valence-corrected chi connectivity index (χ3v) is 3.35. The van der Waals surface area contributed by atoms with Crippen molar-refractivity contribution in [2.45, 2.75) is 24.7 Å². The first-order chi connectivity index (χ1) is 8.65. The van der Waals surface area contributed by atoms with E-state index in [0.717, 1.165) is 24.8 Å². The molecule has 0 unspecified atom stereocenters. The standard InChI is InChI=1S/C13H16N2O3/c14-11(16)9-18-15-12(17)13(7-4-8-13)10-5-2-1-3-6-10/h1-3,5-6H,4,7-9H2,(H2,14,16)(H,15,17). The number of carbonyl (C=O) groups is 2. The van der Waals surface area contributed by atoms with Crippen LogP contribution in [-0.2, 0) is 19.8 Å². The fraction of sp³-hybridized carbons (Fsp3) is 0.385. The molecule has 5 nitrogen and oxygen atoms in total. The zero-order chi connectivity index (χ0) is 13.0. The lowest BCUT2D eigenvalue weighted by Crippen LogP contribution is -2.49. The van der Waals surface area contributed by atoms with Gasteiger partial charge in [0, 0.05) is 0 Å². The molecule has 96 valence electrons. The zero-order valence-corrected chi connectivity index (χ0v) is 10.0. The normalized spacial score (nSPS) is 16.7. The monoisotopic (exact) mass is 248 g/mol. The van der Waals surface area contributed by atoms with Gasteiger partial charge in [0.15, 0.2) is 6.61 Å². The summed E-state index contributed by atoms with van der Waals surface area (Å²) in [6, 6.07) is 9.61. The number of hydrogen-bond donors (Lipinski definition) is 2. The Bertz CT molecular complexity index is 441. The molecule has 5 heteroatoms. The van der Waals surface area contributed by atoms with Gasteiger partial charge in [-0.1, -0.05) is 36.8 Å². The van der Waals surface area contributed by atoms with E-state index in [-0.39, 0.29) is 12.5 Å². The van der Waals surface area contributed by atoms with Crippen LogP contribution in [0, 0.1) is 0 Å². The molecule has 0 spiro atoms. The van der Waals surface area contributed by atoms with Crippen LogP contribution in [0.4, 0.5) is 0 Å². The molecule has 3 N–H and O–H groups in total. The molecule has 1 aliphatic carbocycles. The third kappa shape index (κ3) is 2.36. The maximum atomic E-state index is 12.1. The van der Waals surface area contributed by atoms with E-state index in [0.29, 0.717) is 0 Å². The Labute approximate surface area is 105 Å². The van der Waals surface area contributed by atoms with Gasteiger partial charge in [0.1, 0.15) is 0 Å². The van der Waals surface area contributed by atoms with Crippen molar-refractivity contribution >= 4 is 11.8 Å². The number of hydrogen-bond acceptors (Lipinski definition) is 3. The van der Waals surface area contributed by atoms with Crippen LogP contribution in [0.5, 0.6) is 0 Å². The Morgan fingerprint density at radius 3 is 2.44 bits per heavy atom. The van der Waals surface area contributed by atoms with Crippen molar-refractivity contribution in [1.82, 2.24) is 5.48 Å². The summed E-state index contributed by atoms with van der Waals surface area (Å²) in [5.41, 5.74) is 7.71. The second kappa shape index (κ2) is 5.18. The summed E-state index contributed by atoms with van der Waals surface area (Å²) in [5, 5.41) is 0. The first kappa shape index (κ1) is 12.6. The molecule has 2 amide bonds. The summed E-state index contributed by atoms with van der Waals surface area (Å²) in [6.45, 7) is -0.309. The first-order valence-corrected chi connectivity index (χ1v) is 5.91. The smallest absolute Gasteiger partial charge is 0.254 e. The average Bonchev–Trinajstić information content (AvgIpc) is 2.28. The van der Waals surface area contributed by atoms with E-state index in [1.54, 1.807) is 0 Å². The predicted molar refractivity (Wildman–Crippen MR) is 65.3 cm³/mol. The molecule has 1 saturated carbocycles. The second-order valence-corrected chi connectivity index (χ2v) is 4.49. The number of primary amides is 1. The molecule has 0 aromatic heterocycles. The molecule has 1 aromatic carbocycles. The van der Waals surface area contributed by atoms with Crippen LogP contribution in [0.2, 0.25) is 0 Å². The highest BCUT2D eigenvalue weighted by Crippen LogP contribution is 2.43. The van der Waals surface area contributed by atoms with E-state index in [2.05, 4.69) is 5.48 Å². The minimum absolute atomic E-state index is 0.207. The van der Waals surface area contributed by atoms with Crippen LogP contribution in [0.15, 0.2) is 30.3 Å². The highest BCUT2D eigenvalue weighted by atomic mass is 16.7. The van der Waals surface area contributed by atoms with Crippen molar-refractivity contribution in [2.24, 2.45) is 5.73 Å². The van der Waals surface area contributed by atoms with Gasteiger partial charge in [-0.15, -0.1) is 0 Å². The van der Waals surface area contributed by atoms with Crippen molar-refractivity contribution in [1.29, 1.82) is 0 Å². The first-order valence-electron chi connectivity index (χ1n) is 5.91. The van der Waals surface area contributed by atoms with E-state index < -0.39 is 11.3 Å². The van der Waals surface area contributed by atoms with Gasteiger partial charge in [0.2, 0.25) is 5.91 Å². The minimum Gasteiger partial charge on any atom is -0.368 e. The largest absolute Gasteiger partial charge is 0.368 e. The van der Waals surface area contributed by atoms with Crippen LogP contribution >= 0.6 is 0 Å². The Kier molecular flexibility index (Phi) is 3.62. The number of amides is 2. The minimum atomic E-state index is -0.613. The summed E-state index contributed by atoms with van der Waals surface area (Å²) in [5.74, 6) is -0.820. The van der Waals surface area contributed by atoms with Gasteiger partial charge in [-0.3, -0.25) is 14.4 Å². The van der Waals surface area contributed by atoms with Gasteiger partial charge in [-0.2, -0.15) is 0 Å². The van der Waals surface area contributed by atoms with E-state index in [1.165, 1.54) is 0 Å². The SMILES string of the molecule is NC(=O)CONC(=O)C1(c2ccccc2)CCC1. The predicted octanol–water partition coefficient (Wildman–Crippen LogP) is 0.641. The highest BCUT2D eigenvalue weighted by Gasteiger charge is 2.45. The fourth-order valence-electron chi connectivity index (χ4n) is 2.20. The topological polar surface area (TPSA) is 81.4 Å². The number of rotatable bonds is 5. The molecule has 0 aliphatic heterocycles. The Morgan fingerprint density at radius 2 is 1.94 bits per heavy atom. The van der Waals surface area contributed by atoms with Gasteiger partial charge >= 0.3 is 0 Å². The molecule has 2 rings (SSSR count). The summed E-state index contributed by atoms with van der Waals surface area (Å²) < 4.78 is 0. The molecular formula is C13H16N2O3. The zero-order valence-electron chi connectivity index (χ0n) is 10.0. The highest BCUT2D eigenvalue weighted by molar-refractivity contribution is 5.88. The van der Waals surface area contributed by atoms with E-state index in [4.69, 9.17) is 10.6 Å². The van der Waals surface area contributed by atoms with Crippen molar-refractivity contribution in [3.05, 3.63) is 35.9 Å². The molecule has 1 aliphatic rings. The quantitative estimate of drug-likeness (QED) is 0.750. The number of hydroxylamine groups is 1. The summed E-state index contributed by atoms with van der Waals surface area (Å²) in [4.78, 5) is 27.5.